The van der Waals surface area contributed by atoms with Crippen molar-refractivity contribution in [2.24, 2.45) is 0 Å². The summed E-state index contributed by atoms with van der Waals surface area (Å²) in [5, 5.41) is 15.0. The molecule has 3 rings (SSSR count). The average Bonchev–Trinajstić information content (AvgIpc) is 3.24. The molecule has 1 aromatic carbocycles. The number of hydrogen-bond donors (Lipinski definition) is 1. The third-order valence-corrected chi connectivity index (χ3v) is 3.79. The van der Waals surface area contributed by atoms with E-state index in [1.165, 1.54) is 16.6 Å². The van der Waals surface area contributed by atoms with Gasteiger partial charge >= 0.3 is 0 Å². The fourth-order valence-corrected chi connectivity index (χ4v) is 2.43. The van der Waals surface area contributed by atoms with Gasteiger partial charge in [-0.25, -0.2) is 9.67 Å². The molecule has 8 nitrogen and oxygen atoms in total. The Morgan fingerprint density at radius 2 is 2.16 bits per heavy atom. The number of amides is 1. The number of nitrogens with one attached hydrogen (secondary N) is 1. The Balaban J connectivity index is 1.53. The third kappa shape index (κ3) is 4.72. The van der Waals surface area contributed by atoms with E-state index in [4.69, 9.17) is 0 Å². The summed E-state index contributed by atoms with van der Waals surface area (Å²) in [6.07, 6.45) is 5.61. The van der Waals surface area contributed by atoms with Gasteiger partial charge in [0.2, 0.25) is 5.91 Å². The zero-order valence-electron chi connectivity index (χ0n) is 14.3. The van der Waals surface area contributed by atoms with E-state index < -0.39 is 0 Å². The lowest BCUT2D eigenvalue weighted by Gasteiger charge is -2.09. The lowest BCUT2D eigenvalue weighted by Crippen LogP contribution is -2.19. The number of aryl methyl sites for hydroxylation is 2. The van der Waals surface area contributed by atoms with Gasteiger partial charge in [-0.1, -0.05) is 31.2 Å². The van der Waals surface area contributed by atoms with Crippen molar-refractivity contribution in [3.05, 3.63) is 54.4 Å². The maximum absolute atomic E-state index is 12.2. The molecule has 2 aromatic heterocycles. The molecule has 3 aromatic rings. The highest BCUT2D eigenvalue weighted by molar-refractivity contribution is 5.90. The standard InChI is InChI=1S/C17H21N7O/c1-13(2)14-4-3-5-15(8-14)20-17(25)10-24-9-16(21-22-24)6-7-23-12-18-11-19-23/h3-5,8-9,11-13H,6-7,10H2,1-2H3,(H,20,25). The summed E-state index contributed by atoms with van der Waals surface area (Å²) in [5.41, 5.74) is 2.79. The van der Waals surface area contributed by atoms with Crippen LogP contribution in [0.1, 0.15) is 31.0 Å². The fourth-order valence-electron chi connectivity index (χ4n) is 2.43. The predicted octanol–water partition coefficient (Wildman–Crippen LogP) is 1.87. The van der Waals surface area contributed by atoms with Crippen LogP contribution in [0, 0.1) is 0 Å². The molecule has 0 fully saturated rings. The highest BCUT2D eigenvalue weighted by atomic mass is 16.2. The fraction of sp³-hybridized carbons (Fsp3) is 0.353. The van der Waals surface area contributed by atoms with Gasteiger partial charge in [0.1, 0.15) is 19.2 Å². The molecule has 0 bridgehead atoms. The molecule has 1 N–H and O–H groups in total. The number of rotatable bonds is 7. The van der Waals surface area contributed by atoms with Crippen LogP contribution in [0.25, 0.3) is 0 Å². The van der Waals surface area contributed by atoms with E-state index in [0.717, 1.165) is 11.4 Å². The molecular weight excluding hydrogens is 318 g/mol. The molecule has 0 atom stereocenters. The van der Waals surface area contributed by atoms with Crippen LogP contribution in [-0.4, -0.2) is 35.7 Å². The quantitative estimate of drug-likeness (QED) is 0.710. The lowest BCUT2D eigenvalue weighted by atomic mass is 10.0. The number of carbonyl (C=O) groups excluding carboxylic acids is 1. The number of anilines is 1. The van der Waals surface area contributed by atoms with Gasteiger partial charge in [0.25, 0.3) is 0 Å². The second kappa shape index (κ2) is 7.69. The van der Waals surface area contributed by atoms with Crippen molar-refractivity contribution in [3.63, 3.8) is 0 Å². The minimum atomic E-state index is -0.131. The first-order chi connectivity index (χ1) is 12.1. The van der Waals surface area contributed by atoms with Gasteiger partial charge < -0.3 is 5.32 Å². The van der Waals surface area contributed by atoms with Crippen molar-refractivity contribution in [2.75, 3.05) is 5.32 Å². The van der Waals surface area contributed by atoms with Crippen molar-refractivity contribution in [1.29, 1.82) is 0 Å². The van der Waals surface area contributed by atoms with E-state index in [1.807, 2.05) is 18.2 Å². The average molecular weight is 339 g/mol. The van der Waals surface area contributed by atoms with Gasteiger partial charge in [0, 0.05) is 24.8 Å². The van der Waals surface area contributed by atoms with E-state index in [0.29, 0.717) is 18.9 Å². The van der Waals surface area contributed by atoms with Crippen LogP contribution < -0.4 is 5.32 Å². The molecule has 8 heteroatoms. The van der Waals surface area contributed by atoms with Crippen molar-refractivity contribution < 1.29 is 4.79 Å². The molecule has 1 amide bonds. The Kier molecular flexibility index (Phi) is 5.17. The van der Waals surface area contributed by atoms with Gasteiger partial charge in [-0.05, 0) is 23.6 Å². The molecule has 130 valence electrons. The Labute approximate surface area is 145 Å². The van der Waals surface area contributed by atoms with Crippen LogP contribution in [0.2, 0.25) is 0 Å². The molecule has 0 unspecified atom stereocenters. The second-order valence-corrected chi connectivity index (χ2v) is 6.14. The van der Waals surface area contributed by atoms with E-state index in [-0.39, 0.29) is 12.5 Å². The van der Waals surface area contributed by atoms with Gasteiger partial charge in [-0.3, -0.25) is 9.48 Å². The first kappa shape index (κ1) is 16.8. The summed E-state index contributed by atoms with van der Waals surface area (Å²) >= 11 is 0. The highest BCUT2D eigenvalue weighted by Gasteiger charge is 2.08. The van der Waals surface area contributed by atoms with Crippen LogP contribution in [0.4, 0.5) is 5.69 Å². The first-order valence-electron chi connectivity index (χ1n) is 8.21. The lowest BCUT2D eigenvalue weighted by molar-refractivity contribution is -0.116. The number of benzene rings is 1. The Hall–Kier alpha value is -3.03. The Bertz CT molecular complexity index is 823. The summed E-state index contributed by atoms with van der Waals surface area (Å²) in [6, 6.07) is 7.88. The van der Waals surface area contributed by atoms with Gasteiger partial charge in [0.05, 0.1) is 5.69 Å². The van der Waals surface area contributed by atoms with E-state index >= 15 is 0 Å². The molecule has 0 aliphatic heterocycles. The van der Waals surface area contributed by atoms with Crippen LogP contribution in [0.3, 0.4) is 0 Å². The van der Waals surface area contributed by atoms with E-state index in [1.54, 1.807) is 17.2 Å². The molecule has 0 aliphatic carbocycles. The summed E-state index contributed by atoms with van der Waals surface area (Å²) in [6.45, 7) is 5.05. The first-order valence-corrected chi connectivity index (χ1v) is 8.21. The molecule has 25 heavy (non-hydrogen) atoms. The normalized spacial score (nSPS) is 11.0. The third-order valence-electron chi connectivity index (χ3n) is 3.79. The zero-order chi connectivity index (χ0) is 17.6. The number of carbonyl (C=O) groups is 1. The minimum absolute atomic E-state index is 0.127. The van der Waals surface area contributed by atoms with Crippen LogP contribution in [-0.2, 0) is 24.3 Å². The minimum Gasteiger partial charge on any atom is -0.324 e. The molecule has 0 saturated heterocycles. The Morgan fingerprint density at radius 3 is 2.92 bits per heavy atom. The summed E-state index contributed by atoms with van der Waals surface area (Å²) < 4.78 is 3.27. The summed E-state index contributed by atoms with van der Waals surface area (Å²) in [4.78, 5) is 16.1. The largest absolute Gasteiger partial charge is 0.324 e. The van der Waals surface area contributed by atoms with E-state index in [9.17, 15) is 4.79 Å². The summed E-state index contributed by atoms with van der Waals surface area (Å²) in [7, 11) is 0. The monoisotopic (exact) mass is 339 g/mol. The van der Waals surface area contributed by atoms with Crippen LogP contribution in [0.15, 0.2) is 43.1 Å². The van der Waals surface area contributed by atoms with E-state index in [2.05, 4.69) is 45.6 Å². The van der Waals surface area contributed by atoms with Gasteiger partial charge in [-0.15, -0.1) is 5.10 Å². The molecule has 0 saturated carbocycles. The van der Waals surface area contributed by atoms with Gasteiger partial charge in [0.15, 0.2) is 0 Å². The second-order valence-electron chi connectivity index (χ2n) is 6.14. The Morgan fingerprint density at radius 1 is 1.28 bits per heavy atom. The smallest absolute Gasteiger partial charge is 0.246 e. The van der Waals surface area contributed by atoms with Crippen LogP contribution in [0.5, 0.6) is 0 Å². The number of aromatic nitrogens is 6. The predicted molar refractivity (Wildman–Crippen MR) is 92.9 cm³/mol. The summed E-state index contributed by atoms with van der Waals surface area (Å²) in [5.74, 6) is 0.286. The zero-order valence-corrected chi connectivity index (χ0v) is 14.3. The van der Waals surface area contributed by atoms with Crippen molar-refractivity contribution in [1.82, 2.24) is 29.8 Å². The number of nitrogens with zero attached hydrogens (tertiary/aromatic N) is 6. The van der Waals surface area contributed by atoms with Gasteiger partial charge in [-0.2, -0.15) is 5.10 Å². The topological polar surface area (TPSA) is 90.5 Å². The SMILES string of the molecule is CC(C)c1cccc(NC(=O)Cn2cc(CCn3cncn3)nn2)c1. The molecule has 0 radical (unpaired) electrons. The molecule has 2 heterocycles. The highest BCUT2D eigenvalue weighted by Crippen LogP contribution is 2.18. The maximum atomic E-state index is 12.2. The molecule has 0 aliphatic rings. The van der Waals surface area contributed by atoms with Crippen molar-refractivity contribution >= 4 is 11.6 Å². The molecule has 0 spiro atoms. The van der Waals surface area contributed by atoms with Crippen molar-refractivity contribution in [2.45, 2.75) is 39.3 Å². The molecular formula is C17H21N7O. The van der Waals surface area contributed by atoms with Crippen LogP contribution >= 0.6 is 0 Å². The maximum Gasteiger partial charge on any atom is 0.246 e. The number of hydrogen-bond acceptors (Lipinski definition) is 5. The van der Waals surface area contributed by atoms with Crippen molar-refractivity contribution in [3.8, 4) is 0 Å².